The zero-order valence-corrected chi connectivity index (χ0v) is 10.4. The van der Waals surface area contributed by atoms with Crippen LogP contribution in [0.25, 0.3) is 11.4 Å². The van der Waals surface area contributed by atoms with E-state index in [-0.39, 0.29) is 5.56 Å². The summed E-state index contributed by atoms with van der Waals surface area (Å²) in [5, 5.41) is 0. The Bertz CT molecular complexity index is 599. The van der Waals surface area contributed by atoms with Crippen LogP contribution in [0.2, 0.25) is 0 Å². The highest BCUT2D eigenvalue weighted by Crippen LogP contribution is 2.18. The molecule has 0 aliphatic rings. The van der Waals surface area contributed by atoms with Gasteiger partial charge >= 0.3 is 0 Å². The number of rotatable bonds is 2. The van der Waals surface area contributed by atoms with Gasteiger partial charge in [0.15, 0.2) is 0 Å². The first-order chi connectivity index (χ1) is 8.13. The van der Waals surface area contributed by atoms with Crippen LogP contribution in [0.3, 0.4) is 0 Å². The number of nitrogens with zero attached hydrogens (tertiary/aromatic N) is 1. The average molecular weight is 228 g/mol. The smallest absolute Gasteiger partial charge is 0.254 e. The van der Waals surface area contributed by atoms with E-state index >= 15 is 0 Å². The molecule has 88 valence electrons. The van der Waals surface area contributed by atoms with Crippen molar-refractivity contribution >= 4 is 0 Å². The topological polar surface area (TPSA) is 45.8 Å². The lowest BCUT2D eigenvalue weighted by molar-refractivity contribution is 0.966. The molecular formula is C14H16N2O. The summed E-state index contributed by atoms with van der Waals surface area (Å²) >= 11 is 0. The maximum absolute atomic E-state index is 11.9. The van der Waals surface area contributed by atoms with Gasteiger partial charge in [0, 0.05) is 16.8 Å². The first kappa shape index (κ1) is 11.6. The molecule has 0 aliphatic carbocycles. The molecule has 0 saturated carbocycles. The van der Waals surface area contributed by atoms with Crippen LogP contribution < -0.4 is 5.56 Å². The van der Waals surface area contributed by atoms with Gasteiger partial charge in [0.25, 0.3) is 5.56 Å². The molecule has 1 heterocycles. The standard InChI is InChI=1S/C14H16N2O/c1-4-11-10(3)15-13(16-14(11)17)12-8-6-5-7-9(12)2/h5-8H,4H2,1-3H3,(H,15,16,17). The molecule has 0 fully saturated rings. The Morgan fingerprint density at radius 2 is 1.94 bits per heavy atom. The fraction of sp³-hybridized carbons (Fsp3) is 0.286. The van der Waals surface area contributed by atoms with E-state index < -0.39 is 0 Å². The SMILES string of the molecule is CCc1c(C)nc(-c2ccccc2C)[nH]c1=O. The summed E-state index contributed by atoms with van der Waals surface area (Å²) in [4.78, 5) is 19.2. The predicted molar refractivity (Wildman–Crippen MR) is 69.1 cm³/mol. The number of hydrogen-bond donors (Lipinski definition) is 1. The first-order valence-electron chi connectivity index (χ1n) is 5.79. The number of hydrogen-bond acceptors (Lipinski definition) is 2. The van der Waals surface area contributed by atoms with Crippen LogP contribution in [0.1, 0.15) is 23.7 Å². The Kier molecular flexibility index (Phi) is 3.09. The number of H-pyrrole nitrogens is 1. The van der Waals surface area contributed by atoms with Crippen molar-refractivity contribution in [2.45, 2.75) is 27.2 Å². The van der Waals surface area contributed by atoms with E-state index in [1.807, 2.05) is 45.0 Å². The van der Waals surface area contributed by atoms with E-state index in [2.05, 4.69) is 9.97 Å². The fourth-order valence-corrected chi connectivity index (χ4v) is 1.99. The van der Waals surface area contributed by atoms with Gasteiger partial charge in [-0.05, 0) is 25.8 Å². The maximum Gasteiger partial charge on any atom is 0.254 e. The minimum absolute atomic E-state index is 0.0294. The van der Waals surface area contributed by atoms with Crippen molar-refractivity contribution in [2.24, 2.45) is 0 Å². The van der Waals surface area contributed by atoms with Crippen molar-refractivity contribution in [3.63, 3.8) is 0 Å². The minimum atomic E-state index is -0.0294. The molecular weight excluding hydrogens is 212 g/mol. The van der Waals surface area contributed by atoms with Crippen LogP contribution in [0, 0.1) is 13.8 Å². The van der Waals surface area contributed by atoms with Crippen molar-refractivity contribution in [3.05, 3.63) is 51.4 Å². The molecule has 1 aromatic heterocycles. The maximum atomic E-state index is 11.9. The van der Waals surface area contributed by atoms with Gasteiger partial charge in [-0.15, -0.1) is 0 Å². The van der Waals surface area contributed by atoms with Crippen molar-refractivity contribution in [2.75, 3.05) is 0 Å². The molecule has 0 unspecified atom stereocenters. The van der Waals surface area contributed by atoms with Crippen LogP contribution in [-0.4, -0.2) is 9.97 Å². The van der Waals surface area contributed by atoms with Crippen LogP contribution in [0.15, 0.2) is 29.1 Å². The van der Waals surface area contributed by atoms with Crippen molar-refractivity contribution < 1.29 is 0 Å². The molecule has 0 atom stereocenters. The Morgan fingerprint density at radius 3 is 2.53 bits per heavy atom. The minimum Gasteiger partial charge on any atom is -0.306 e. The summed E-state index contributed by atoms with van der Waals surface area (Å²) < 4.78 is 0. The summed E-state index contributed by atoms with van der Waals surface area (Å²) in [6, 6.07) is 7.91. The van der Waals surface area contributed by atoms with Crippen molar-refractivity contribution in [3.8, 4) is 11.4 Å². The van der Waals surface area contributed by atoms with Crippen molar-refractivity contribution in [1.82, 2.24) is 9.97 Å². The summed E-state index contributed by atoms with van der Waals surface area (Å²) in [5.74, 6) is 0.655. The van der Waals surface area contributed by atoms with Crippen LogP contribution in [-0.2, 0) is 6.42 Å². The lowest BCUT2D eigenvalue weighted by Gasteiger charge is -2.07. The zero-order chi connectivity index (χ0) is 12.4. The molecule has 3 heteroatoms. The molecule has 2 aromatic rings. The summed E-state index contributed by atoms with van der Waals surface area (Å²) in [7, 11) is 0. The molecule has 1 aromatic carbocycles. The molecule has 3 nitrogen and oxygen atoms in total. The molecule has 0 radical (unpaired) electrons. The van der Waals surface area contributed by atoms with E-state index in [0.29, 0.717) is 12.2 Å². The number of benzene rings is 1. The van der Waals surface area contributed by atoms with Crippen LogP contribution >= 0.6 is 0 Å². The van der Waals surface area contributed by atoms with Gasteiger partial charge in [-0.3, -0.25) is 4.79 Å². The zero-order valence-electron chi connectivity index (χ0n) is 10.4. The lowest BCUT2D eigenvalue weighted by Crippen LogP contribution is -2.16. The number of aryl methyl sites for hydroxylation is 2. The van der Waals surface area contributed by atoms with Gasteiger partial charge in [-0.25, -0.2) is 4.98 Å². The Hall–Kier alpha value is -1.90. The normalized spacial score (nSPS) is 10.5. The van der Waals surface area contributed by atoms with Gasteiger partial charge in [0.05, 0.1) is 0 Å². The summed E-state index contributed by atoms with van der Waals surface area (Å²) in [6.07, 6.45) is 0.711. The van der Waals surface area contributed by atoms with Gasteiger partial charge in [0.2, 0.25) is 0 Å². The molecule has 0 spiro atoms. The van der Waals surface area contributed by atoms with E-state index in [1.165, 1.54) is 0 Å². The van der Waals surface area contributed by atoms with Crippen molar-refractivity contribution in [1.29, 1.82) is 0 Å². The van der Waals surface area contributed by atoms with Gasteiger partial charge in [-0.1, -0.05) is 31.2 Å². The molecule has 0 amide bonds. The highest BCUT2D eigenvalue weighted by Gasteiger charge is 2.08. The van der Waals surface area contributed by atoms with E-state index in [9.17, 15) is 4.79 Å². The van der Waals surface area contributed by atoms with E-state index in [0.717, 1.165) is 22.4 Å². The second-order valence-electron chi connectivity index (χ2n) is 4.15. The fourth-order valence-electron chi connectivity index (χ4n) is 1.99. The third kappa shape index (κ3) is 2.13. The predicted octanol–water partition coefficient (Wildman–Crippen LogP) is 2.62. The first-order valence-corrected chi connectivity index (χ1v) is 5.79. The molecule has 0 aliphatic heterocycles. The van der Waals surface area contributed by atoms with E-state index in [4.69, 9.17) is 0 Å². The average Bonchev–Trinajstić information content (AvgIpc) is 2.29. The quantitative estimate of drug-likeness (QED) is 0.858. The number of aromatic amines is 1. The third-order valence-electron chi connectivity index (χ3n) is 2.98. The summed E-state index contributed by atoms with van der Waals surface area (Å²) in [6.45, 7) is 5.86. The van der Waals surface area contributed by atoms with E-state index in [1.54, 1.807) is 0 Å². The lowest BCUT2D eigenvalue weighted by atomic mass is 10.1. The largest absolute Gasteiger partial charge is 0.306 e. The third-order valence-corrected chi connectivity index (χ3v) is 2.98. The second kappa shape index (κ2) is 4.53. The summed E-state index contributed by atoms with van der Waals surface area (Å²) in [5.41, 5.74) is 3.64. The second-order valence-corrected chi connectivity index (χ2v) is 4.15. The number of aromatic nitrogens is 2. The Labute approximate surface area is 101 Å². The molecule has 0 bridgehead atoms. The number of nitrogens with one attached hydrogen (secondary N) is 1. The molecule has 2 rings (SSSR count). The molecule has 1 N–H and O–H groups in total. The van der Waals surface area contributed by atoms with Gasteiger partial charge < -0.3 is 4.98 Å². The van der Waals surface area contributed by atoms with Crippen LogP contribution in [0.4, 0.5) is 0 Å². The van der Waals surface area contributed by atoms with Gasteiger partial charge in [0.1, 0.15) is 5.82 Å². The highest BCUT2D eigenvalue weighted by molar-refractivity contribution is 5.59. The monoisotopic (exact) mass is 228 g/mol. The molecule has 17 heavy (non-hydrogen) atoms. The van der Waals surface area contributed by atoms with Crippen LogP contribution in [0.5, 0.6) is 0 Å². The Balaban J connectivity index is 2.63. The van der Waals surface area contributed by atoms with Gasteiger partial charge in [-0.2, -0.15) is 0 Å². The highest BCUT2D eigenvalue weighted by atomic mass is 16.1. The Morgan fingerprint density at radius 1 is 1.24 bits per heavy atom. The molecule has 0 saturated heterocycles.